The largest absolute Gasteiger partial charge is 0.277 e. The first-order valence-corrected chi connectivity index (χ1v) is 7.33. The Hall–Kier alpha value is 0.520. The third-order valence-electron chi connectivity index (χ3n) is 1.27. The summed E-state index contributed by atoms with van der Waals surface area (Å²) in [6.07, 6.45) is 0.304. The van der Waals surface area contributed by atoms with Gasteiger partial charge in [0, 0.05) is 0 Å². The minimum atomic E-state index is -3.63. The van der Waals surface area contributed by atoms with E-state index in [2.05, 4.69) is 33.1 Å². The van der Waals surface area contributed by atoms with Gasteiger partial charge in [0.25, 0.3) is 20.2 Å². The summed E-state index contributed by atoms with van der Waals surface area (Å²) in [7, 11) is -7.27. The van der Waals surface area contributed by atoms with Gasteiger partial charge < -0.3 is 0 Å². The summed E-state index contributed by atoms with van der Waals surface area (Å²) in [5, 5.41) is 0. The third kappa shape index (κ3) is 6.90. The molecule has 0 bridgehead atoms. The highest BCUT2D eigenvalue weighted by atomic mass is 32.3. The SMILES string of the molecule is O=S(=O)(CCCCS(=O)(=O)OS)OS. The normalized spacial score (nSPS) is 13.0. The van der Waals surface area contributed by atoms with Crippen molar-refractivity contribution in [3.8, 4) is 0 Å². The van der Waals surface area contributed by atoms with Crippen LogP contribution in [-0.4, -0.2) is 28.3 Å². The van der Waals surface area contributed by atoms with Gasteiger partial charge in [-0.3, -0.25) is 0 Å². The van der Waals surface area contributed by atoms with Crippen molar-refractivity contribution in [1.82, 2.24) is 0 Å². The molecule has 0 radical (unpaired) electrons. The molecule has 14 heavy (non-hydrogen) atoms. The fourth-order valence-electron chi connectivity index (χ4n) is 0.632. The van der Waals surface area contributed by atoms with Crippen molar-refractivity contribution >= 4 is 46.1 Å². The van der Waals surface area contributed by atoms with Crippen LogP contribution in [0.3, 0.4) is 0 Å². The zero-order valence-electron chi connectivity index (χ0n) is 6.99. The molecule has 0 aliphatic carbocycles. The van der Waals surface area contributed by atoms with Gasteiger partial charge in [-0.25, -0.2) is 7.26 Å². The van der Waals surface area contributed by atoms with E-state index in [0.29, 0.717) is 0 Å². The lowest BCUT2D eigenvalue weighted by molar-refractivity contribution is 0.510. The van der Waals surface area contributed by atoms with Crippen molar-refractivity contribution < 1.29 is 24.1 Å². The monoisotopic (exact) mass is 282 g/mol. The molecule has 0 aromatic rings. The Labute approximate surface area is 94.5 Å². The first-order chi connectivity index (χ1) is 6.33. The number of hydrogen-bond donors (Lipinski definition) is 2. The molecule has 0 heterocycles. The van der Waals surface area contributed by atoms with Gasteiger partial charge in [-0.1, -0.05) is 0 Å². The predicted octanol–water partition coefficient (Wildman–Crippen LogP) is 0.149. The highest BCUT2D eigenvalue weighted by Crippen LogP contribution is 2.04. The van der Waals surface area contributed by atoms with Crippen LogP contribution in [0.25, 0.3) is 0 Å². The molecule has 0 aliphatic rings. The van der Waals surface area contributed by atoms with E-state index >= 15 is 0 Å². The van der Waals surface area contributed by atoms with Crippen LogP contribution in [0.5, 0.6) is 0 Å². The molecule has 0 aromatic carbocycles. The second kappa shape index (κ2) is 6.18. The number of hydrogen-bond acceptors (Lipinski definition) is 8. The summed E-state index contributed by atoms with van der Waals surface area (Å²) in [5.41, 5.74) is 0. The molecular weight excluding hydrogens is 272 g/mol. The summed E-state index contributed by atoms with van der Waals surface area (Å²) in [5.74, 6) is -0.558. The fourth-order valence-corrected chi connectivity index (χ4v) is 2.34. The topological polar surface area (TPSA) is 86.7 Å². The van der Waals surface area contributed by atoms with Gasteiger partial charge in [0.1, 0.15) is 0 Å². The zero-order chi connectivity index (χ0) is 11.2. The van der Waals surface area contributed by atoms with Crippen molar-refractivity contribution in [3.63, 3.8) is 0 Å². The predicted molar refractivity (Wildman–Crippen MR) is 56.9 cm³/mol. The van der Waals surface area contributed by atoms with Crippen molar-refractivity contribution in [1.29, 1.82) is 0 Å². The Morgan fingerprint density at radius 1 is 0.786 bits per heavy atom. The Balaban J connectivity index is 3.79. The molecule has 10 heteroatoms. The van der Waals surface area contributed by atoms with Crippen LogP contribution in [0.4, 0.5) is 0 Å². The van der Waals surface area contributed by atoms with E-state index < -0.39 is 20.2 Å². The summed E-state index contributed by atoms with van der Waals surface area (Å²) in [4.78, 5) is 0. The van der Waals surface area contributed by atoms with E-state index in [4.69, 9.17) is 0 Å². The van der Waals surface area contributed by atoms with Gasteiger partial charge in [-0.2, -0.15) is 16.8 Å². The fraction of sp³-hybridized carbons (Fsp3) is 1.00. The molecule has 0 unspecified atom stereocenters. The third-order valence-corrected chi connectivity index (χ3v) is 4.66. The van der Waals surface area contributed by atoms with Crippen LogP contribution in [0.1, 0.15) is 12.8 Å². The minimum absolute atomic E-state index is 0.152. The quantitative estimate of drug-likeness (QED) is 0.393. The van der Waals surface area contributed by atoms with Crippen LogP contribution in [-0.2, 0) is 27.5 Å². The van der Waals surface area contributed by atoms with E-state index in [-0.39, 0.29) is 24.3 Å². The summed E-state index contributed by atoms with van der Waals surface area (Å²) in [6.45, 7) is 0. The first-order valence-electron chi connectivity index (χ1n) is 3.44. The molecular formula is C4H10O6S4. The van der Waals surface area contributed by atoms with Crippen molar-refractivity contribution in [2.75, 3.05) is 11.5 Å². The Morgan fingerprint density at radius 3 is 1.29 bits per heavy atom. The highest BCUT2D eigenvalue weighted by molar-refractivity contribution is 7.96. The van der Waals surface area contributed by atoms with Crippen LogP contribution in [0, 0.1) is 0 Å². The van der Waals surface area contributed by atoms with Crippen LogP contribution in [0.15, 0.2) is 0 Å². The van der Waals surface area contributed by atoms with Crippen LogP contribution < -0.4 is 0 Å². The van der Waals surface area contributed by atoms with E-state index in [1.165, 1.54) is 0 Å². The maximum atomic E-state index is 10.7. The van der Waals surface area contributed by atoms with Crippen LogP contribution >= 0.6 is 25.8 Å². The molecule has 0 saturated heterocycles. The van der Waals surface area contributed by atoms with Crippen LogP contribution in [0.2, 0.25) is 0 Å². The van der Waals surface area contributed by atoms with Gasteiger partial charge in [-0.05, 0) is 38.7 Å². The maximum Gasteiger partial charge on any atom is 0.277 e. The minimum Gasteiger partial charge on any atom is -0.201 e. The van der Waals surface area contributed by atoms with Gasteiger partial charge in [0.15, 0.2) is 0 Å². The molecule has 0 rings (SSSR count). The smallest absolute Gasteiger partial charge is 0.201 e. The van der Waals surface area contributed by atoms with Crippen molar-refractivity contribution in [2.45, 2.75) is 12.8 Å². The van der Waals surface area contributed by atoms with Crippen molar-refractivity contribution in [2.24, 2.45) is 0 Å². The number of rotatable bonds is 7. The van der Waals surface area contributed by atoms with Gasteiger partial charge in [0.05, 0.1) is 11.5 Å². The van der Waals surface area contributed by atoms with Gasteiger partial charge in [-0.15, -0.1) is 0 Å². The van der Waals surface area contributed by atoms with Gasteiger partial charge >= 0.3 is 0 Å². The molecule has 0 amide bonds. The van der Waals surface area contributed by atoms with E-state index in [1.807, 2.05) is 0 Å². The average Bonchev–Trinajstić information content (AvgIpc) is 2.13. The standard InChI is InChI=1S/C4H10O6S4/c5-13(6,9-11)3-1-2-4-14(7,8)10-12/h11-12H,1-4H2. The summed E-state index contributed by atoms with van der Waals surface area (Å²) in [6, 6.07) is 0. The lowest BCUT2D eigenvalue weighted by Gasteiger charge is -2.00. The van der Waals surface area contributed by atoms with E-state index in [0.717, 1.165) is 0 Å². The summed E-state index contributed by atoms with van der Waals surface area (Å²) >= 11 is 6.27. The number of unbranched alkanes of at least 4 members (excludes halogenated alkanes) is 1. The molecule has 0 saturated carbocycles. The lowest BCUT2D eigenvalue weighted by atomic mass is 10.4. The molecule has 0 N–H and O–H groups in total. The number of thiol groups is 2. The second-order valence-electron chi connectivity index (χ2n) is 2.38. The Bertz CT molecular complexity index is 306. The Morgan fingerprint density at radius 2 is 1.07 bits per heavy atom. The molecule has 0 atom stereocenters. The first kappa shape index (κ1) is 14.5. The molecule has 0 spiro atoms. The second-order valence-corrected chi connectivity index (χ2v) is 6.62. The summed E-state index contributed by atoms with van der Waals surface area (Å²) < 4.78 is 50.5. The van der Waals surface area contributed by atoms with E-state index in [9.17, 15) is 16.8 Å². The molecule has 0 aliphatic heterocycles. The molecule has 86 valence electrons. The van der Waals surface area contributed by atoms with Crippen molar-refractivity contribution in [3.05, 3.63) is 0 Å². The maximum absolute atomic E-state index is 10.7. The Kier molecular flexibility index (Phi) is 6.41. The van der Waals surface area contributed by atoms with Gasteiger partial charge in [0.2, 0.25) is 0 Å². The van der Waals surface area contributed by atoms with E-state index in [1.54, 1.807) is 0 Å². The highest BCUT2D eigenvalue weighted by Gasteiger charge is 2.12. The lowest BCUT2D eigenvalue weighted by Crippen LogP contribution is -2.09. The zero-order valence-corrected chi connectivity index (χ0v) is 10.4. The molecule has 0 aromatic heterocycles. The average molecular weight is 282 g/mol. The molecule has 0 fully saturated rings. The molecule has 6 nitrogen and oxygen atoms in total.